The molecule has 29 heavy (non-hydrogen) atoms. The fraction of sp³-hybridized carbons (Fsp3) is 0.533. The SMILES string of the molecule is CC(C)(C)OC(=O)N1CCN(/[N+]([O-])=N/Oc2ccc([N+](=O)[O-])cc2[N+](=O)[O-])CC1. The molecule has 14 nitrogen and oxygen atoms in total. The minimum absolute atomic E-state index is 0.109. The number of ether oxygens (including phenoxy) is 1. The second-order valence-electron chi connectivity index (χ2n) is 7.01. The number of hydrogen-bond acceptors (Lipinski definition) is 9. The molecule has 0 unspecified atom stereocenters. The summed E-state index contributed by atoms with van der Waals surface area (Å²) in [6.45, 7) is 5.92. The van der Waals surface area contributed by atoms with Crippen molar-refractivity contribution >= 4 is 17.5 Å². The fourth-order valence-electron chi connectivity index (χ4n) is 2.35. The smallest absolute Gasteiger partial charge is 0.410 e. The molecule has 0 atom stereocenters. The molecule has 1 amide bonds. The van der Waals surface area contributed by atoms with Crippen molar-refractivity contribution in [3.63, 3.8) is 0 Å². The van der Waals surface area contributed by atoms with Crippen molar-refractivity contribution in [2.45, 2.75) is 26.4 Å². The van der Waals surface area contributed by atoms with Gasteiger partial charge in [0, 0.05) is 19.2 Å². The highest BCUT2D eigenvalue weighted by molar-refractivity contribution is 5.68. The molecule has 0 aliphatic carbocycles. The van der Waals surface area contributed by atoms with Crippen LogP contribution in [0.15, 0.2) is 23.5 Å². The molecular formula is C15H20N6O8. The summed E-state index contributed by atoms with van der Waals surface area (Å²) < 4.78 is 5.26. The van der Waals surface area contributed by atoms with Gasteiger partial charge in [-0.25, -0.2) is 4.79 Å². The first kappa shape index (κ1) is 21.6. The Bertz CT molecular complexity index is 829. The van der Waals surface area contributed by atoms with Gasteiger partial charge in [-0.2, -0.15) is 0 Å². The number of nitro benzene ring substituents is 2. The number of hydrogen-bond donors (Lipinski definition) is 0. The van der Waals surface area contributed by atoms with E-state index < -0.39 is 38.7 Å². The summed E-state index contributed by atoms with van der Waals surface area (Å²) in [5.74, 6) is -0.422. The highest BCUT2D eigenvalue weighted by Crippen LogP contribution is 2.31. The van der Waals surface area contributed by atoms with Crippen LogP contribution in [0.25, 0.3) is 0 Å². The van der Waals surface area contributed by atoms with E-state index in [1.807, 2.05) is 0 Å². The lowest BCUT2D eigenvalue weighted by Crippen LogP contribution is -2.51. The first-order chi connectivity index (χ1) is 13.5. The highest BCUT2D eigenvalue weighted by Gasteiger charge is 2.29. The van der Waals surface area contributed by atoms with Gasteiger partial charge in [-0.15, -0.1) is 5.01 Å². The maximum Gasteiger partial charge on any atom is 0.410 e. The van der Waals surface area contributed by atoms with Gasteiger partial charge in [0.1, 0.15) is 5.60 Å². The number of piperazine rings is 1. The van der Waals surface area contributed by atoms with E-state index in [9.17, 15) is 30.2 Å². The zero-order chi connectivity index (χ0) is 21.8. The quantitative estimate of drug-likeness (QED) is 0.305. The van der Waals surface area contributed by atoms with E-state index in [0.29, 0.717) is 6.07 Å². The van der Waals surface area contributed by atoms with Gasteiger partial charge in [0.05, 0.1) is 34.0 Å². The van der Waals surface area contributed by atoms with E-state index in [1.54, 1.807) is 20.8 Å². The second-order valence-corrected chi connectivity index (χ2v) is 7.01. The first-order valence-corrected chi connectivity index (χ1v) is 8.49. The minimum atomic E-state index is -0.882. The van der Waals surface area contributed by atoms with Gasteiger partial charge in [0.25, 0.3) is 5.69 Å². The molecule has 0 spiro atoms. The Balaban J connectivity index is 2.00. The second kappa shape index (κ2) is 8.53. The van der Waals surface area contributed by atoms with Crippen molar-refractivity contribution in [1.29, 1.82) is 0 Å². The largest absolute Gasteiger partial charge is 0.569 e. The Morgan fingerprint density at radius 2 is 1.69 bits per heavy atom. The van der Waals surface area contributed by atoms with Gasteiger partial charge >= 0.3 is 11.8 Å². The van der Waals surface area contributed by atoms with Crippen LogP contribution in [0.3, 0.4) is 0 Å². The normalized spacial score (nSPS) is 15.1. The van der Waals surface area contributed by atoms with Crippen LogP contribution in [0.2, 0.25) is 0 Å². The Hall–Kier alpha value is -3.71. The van der Waals surface area contributed by atoms with Crippen molar-refractivity contribution in [3.05, 3.63) is 43.6 Å². The molecule has 1 saturated heterocycles. The van der Waals surface area contributed by atoms with Crippen LogP contribution in [0.1, 0.15) is 20.8 Å². The lowest BCUT2D eigenvalue weighted by atomic mass is 10.2. The van der Waals surface area contributed by atoms with Crippen LogP contribution < -0.4 is 4.84 Å². The van der Waals surface area contributed by atoms with Gasteiger partial charge in [0.2, 0.25) is 11.0 Å². The molecule has 1 aromatic rings. The van der Waals surface area contributed by atoms with Crippen LogP contribution >= 0.6 is 0 Å². The third kappa shape index (κ3) is 5.88. The third-order valence-corrected chi connectivity index (χ3v) is 3.71. The summed E-state index contributed by atoms with van der Waals surface area (Å²) in [7, 11) is 0. The number of rotatable bonds is 5. The summed E-state index contributed by atoms with van der Waals surface area (Å²) in [5.41, 5.74) is -1.84. The Morgan fingerprint density at radius 3 is 2.21 bits per heavy atom. The number of benzene rings is 1. The van der Waals surface area contributed by atoms with Crippen molar-refractivity contribution in [1.82, 2.24) is 9.91 Å². The lowest BCUT2D eigenvalue weighted by molar-refractivity contribution is -0.708. The number of amides is 1. The zero-order valence-corrected chi connectivity index (χ0v) is 16.0. The van der Waals surface area contributed by atoms with Crippen LogP contribution in [-0.2, 0) is 4.74 Å². The molecule has 0 bridgehead atoms. The molecule has 1 aliphatic rings. The number of hydrazine groups is 1. The topological polar surface area (TPSA) is 167 Å². The van der Waals surface area contributed by atoms with Crippen molar-refractivity contribution in [2.24, 2.45) is 5.28 Å². The molecule has 158 valence electrons. The standard InChI is InChI=1S/C15H20N6O8/c1-15(2,3)28-14(22)17-6-8-18(9-7-17)21(27)16-29-13-5-4-11(19(23)24)10-12(13)20(25)26/h4-5,10H,6-9H2,1-3H3/b21-16-. The minimum Gasteiger partial charge on any atom is -0.569 e. The number of nitro groups is 2. The molecule has 0 N–H and O–H groups in total. The van der Waals surface area contributed by atoms with Crippen molar-refractivity contribution in [3.8, 4) is 5.75 Å². The maximum absolute atomic E-state index is 12.1. The maximum atomic E-state index is 12.1. The molecule has 0 radical (unpaired) electrons. The molecule has 1 aromatic carbocycles. The zero-order valence-electron chi connectivity index (χ0n) is 16.0. The highest BCUT2D eigenvalue weighted by atomic mass is 16.7. The average Bonchev–Trinajstić information content (AvgIpc) is 2.64. The van der Waals surface area contributed by atoms with Crippen LogP contribution in [-0.4, -0.2) is 62.6 Å². The van der Waals surface area contributed by atoms with E-state index in [1.165, 1.54) is 9.91 Å². The molecule has 0 aromatic heterocycles. The third-order valence-electron chi connectivity index (χ3n) is 3.71. The van der Waals surface area contributed by atoms with Gasteiger partial charge in [-0.05, 0) is 26.8 Å². The van der Waals surface area contributed by atoms with Crippen LogP contribution in [0.5, 0.6) is 5.75 Å². The van der Waals surface area contributed by atoms with Gasteiger partial charge in [-0.1, -0.05) is 0 Å². The predicted molar refractivity (Wildman–Crippen MR) is 95.8 cm³/mol. The fourth-order valence-corrected chi connectivity index (χ4v) is 2.35. The van der Waals surface area contributed by atoms with Crippen molar-refractivity contribution in [2.75, 3.05) is 26.2 Å². The van der Waals surface area contributed by atoms with E-state index in [2.05, 4.69) is 5.28 Å². The number of non-ortho nitro benzene ring substituents is 1. The van der Waals surface area contributed by atoms with Crippen molar-refractivity contribution < 1.29 is 29.2 Å². The Labute approximate surface area is 164 Å². The summed E-state index contributed by atoms with van der Waals surface area (Å²) in [5, 5.41) is 38.3. The summed E-state index contributed by atoms with van der Waals surface area (Å²) >= 11 is 0. The number of carbonyl (C=O) groups is 1. The molecule has 14 heteroatoms. The molecule has 1 aliphatic heterocycles. The molecular weight excluding hydrogens is 392 g/mol. The number of nitrogens with zero attached hydrogens (tertiary/aromatic N) is 6. The molecule has 1 fully saturated rings. The van der Waals surface area contributed by atoms with E-state index in [0.717, 1.165) is 12.1 Å². The van der Waals surface area contributed by atoms with Gasteiger partial charge in [-0.3, -0.25) is 25.1 Å². The Kier molecular flexibility index (Phi) is 6.35. The molecule has 2 rings (SSSR count). The average molecular weight is 412 g/mol. The first-order valence-electron chi connectivity index (χ1n) is 8.49. The van der Waals surface area contributed by atoms with Gasteiger partial charge < -0.3 is 14.8 Å². The van der Waals surface area contributed by atoms with Crippen LogP contribution in [0.4, 0.5) is 16.2 Å². The van der Waals surface area contributed by atoms with Crippen LogP contribution in [0, 0.1) is 25.4 Å². The van der Waals surface area contributed by atoms with Gasteiger partial charge in [0.15, 0.2) is 0 Å². The Morgan fingerprint density at radius 1 is 1.07 bits per heavy atom. The summed E-state index contributed by atoms with van der Waals surface area (Å²) in [6.07, 6.45) is -0.496. The number of carbonyl (C=O) groups excluding carboxylic acids is 1. The summed E-state index contributed by atoms with van der Waals surface area (Å²) in [4.78, 5) is 38.5. The molecule has 1 heterocycles. The lowest BCUT2D eigenvalue weighted by Gasteiger charge is -2.32. The summed E-state index contributed by atoms with van der Waals surface area (Å²) in [6, 6.07) is 2.68. The van der Waals surface area contributed by atoms with E-state index >= 15 is 0 Å². The monoisotopic (exact) mass is 412 g/mol. The molecule has 0 saturated carbocycles. The van der Waals surface area contributed by atoms with E-state index in [4.69, 9.17) is 9.57 Å². The predicted octanol–water partition coefficient (Wildman–Crippen LogP) is 2.23. The van der Waals surface area contributed by atoms with E-state index in [-0.39, 0.29) is 31.1 Å².